The number of hydrogen-bond acceptors (Lipinski definition) is 4. The van der Waals surface area contributed by atoms with Gasteiger partial charge >= 0.3 is 12.4 Å². The molecule has 2 heterocycles. The Morgan fingerprint density at radius 3 is 2.36 bits per heavy atom. The fraction of sp³-hybridized carbons (Fsp3) is 0.444. The molecule has 2 N–H and O–H groups in total. The first-order valence-corrected chi connectivity index (χ1v) is 12.4. The van der Waals surface area contributed by atoms with Gasteiger partial charge in [-0.1, -0.05) is 18.2 Å². The smallest absolute Gasteiger partial charge is 0.418 e. The minimum atomic E-state index is -4.69. The summed E-state index contributed by atoms with van der Waals surface area (Å²) in [7, 11) is 0. The molecule has 1 fully saturated rings. The lowest BCUT2D eigenvalue weighted by molar-refractivity contribution is -0.138. The molecule has 2 aliphatic rings. The molecule has 1 aliphatic heterocycles. The molecule has 0 radical (unpaired) electrons. The van der Waals surface area contributed by atoms with Crippen molar-refractivity contribution >= 4 is 16.6 Å². The number of ether oxygens (including phenoxy) is 1. The zero-order valence-corrected chi connectivity index (χ0v) is 20.8. The number of alkyl halides is 7. The SMILES string of the molecule is CC1(O)CC(n2cnc3cc(OC[C@@H]4C=C(c5ccc(C(F)(F)F)cc5)C[C@H](CF)N4)cc(C(F)(F)F)c32)C1. The first-order chi connectivity index (χ1) is 18.2. The predicted molar refractivity (Wildman–Crippen MR) is 130 cm³/mol. The molecule has 1 saturated carbocycles. The summed E-state index contributed by atoms with van der Waals surface area (Å²) >= 11 is 0. The van der Waals surface area contributed by atoms with E-state index in [1.165, 1.54) is 29.1 Å². The monoisotopic (exact) mass is 557 g/mol. The molecule has 39 heavy (non-hydrogen) atoms. The Balaban J connectivity index is 1.38. The number of fused-ring (bicyclic) bond motifs is 1. The molecular weight excluding hydrogens is 531 g/mol. The van der Waals surface area contributed by atoms with E-state index < -0.39 is 47.8 Å². The summed E-state index contributed by atoms with van der Waals surface area (Å²) in [4.78, 5) is 4.14. The summed E-state index contributed by atoms with van der Waals surface area (Å²) in [6.07, 6.45) is -5.31. The Labute approximate surface area is 219 Å². The topological polar surface area (TPSA) is 59.3 Å². The fourth-order valence-electron chi connectivity index (χ4n) is 5.33. The lowest BCUT2D eigenvalue weighted by atomic mass is 9.77. The van der Waals surface area contributed by atoms with Gasteiger partial charge in [-0.15, -0.1) is 0 Å². The normalized spacial score (nSPS) is 25.9. The molecule has 0 unspecified atom stereocenters. The Bertz CT molecular complexity index is 1370. The van der Waals surface area contributed by atoms with Crippen LogP contribution in [0.5, 0.6) is 5.75 Å². The van der Waals surface area contributed by atoms with Gasteiger partial charge in [0.15, 0.2) is 0 Å². The zero-order valence-electron chi connectivity index (χ0n) is 20.8. The number of halogens is 7. The molecule has 1 aromatic heterocycles. The van der Waals surface area contributed by atoms with E-state index in [2.05, 4.69) is 10.3 Å². The average molecular weight is 558 g/mol. The molecule has 3 aromatic rings. The highest BCUT2D eigenvalue weighted by atomic mass is 19.4. The summed E-state index contributed by atoms with van der Waals surface area (Å²) < 4.78 is 102. The van der Waals surface area contributed by atoms with Crippen molar-refractivity contribution in [3.05, 3.63) is 65.5 Å². The molecule has 5 nitrogen and oxygen atoms in total. The van der Waals surface area contributed by atoms with Crippen molar-refractivity contribution in [1.82, 2.24) is 14.9 Å². The summed E-state index contributed by atoms with van der Waals surface area (Å²) in [5, 5.41) is 13.0. The highest BCUT2D eigenvalue weighted by molar-refractivity contribution is 5.82. The van der Waals surface area contributed by atoms with Crippen LogP contribution in [0.1, 0.15) is 48.9 Å². The fourth-order valence-corrected chi connectivity index (χ4v) is 5.33. The van der Waals surface area contributed by atoms with Gasteiger partial charge in [0.05, 0.1) is 40.1 Å². The van der Waals surface area contributed by atoms with Crippen LogP contribution in [-0.2, 0) is 12.4 Å². The third-order valence-electron chi connectivity index (χ3n) is 7.21. The molecule has 210 valence electrons. The van der Waals surface area contributed by atoms with Gasteiger partial charge in [0.2, 0.25) is 0 Å². The summed E-state index contributed by atoms with van der Waals surface area (Å²) in [5.74, 6) is -0.0747. The second-order valence-electron chi connectivity index (χ2n) is 10.5. The van der Waals surface area contributed by atoms with Gasteiger partial charge in [-0.2, -0.15) is 26.3 Å². The summed E-state index contributed by atoms with van der Waals surface area (Å²) in [6.45, 7) is 0.739. The molecule has 1 aliphatic carbocycles. The van der Waals surface area contributed by atoms with Crippen molar-refractivity contribution in [3.8, 4) is 5.75 Å². The minimum absolute atomic E-state index is 0.0747. The van der Waals surface area contributed by atoms with Crippen LogP contribution in [0.15, 0.2) is 48.8 Å². The van der Waals surface area contributed by atoms with Crippen molar-refractivity contribution in [2.75, 3.05) is 13.3 Å². The van der Waals surface area contributed by atoms with E-state index in [1.54, 1.807) is 13.0 Å². The van der Waals surface area contributed by atoms with Gasteiger partial charge < -0.3 is 19.7 Å². The molecule has 5 rings (SSSR count). The molecule has 0 spiro atoms. The average Bonchev–Trinajstić information content (AvgIpc) is 3.27. The number of benzene rings is 2. The number of nitrogens with zero attached hydrogens (tertiary/aromatic N) is 2. The zero-order chi connectivity index (χ0) is 28.2. The lowest BCUT2D eigenvalue weighted by Gasteiger charge is -2.41. The number of aromatic nitrogens is 2. The van der Waals surface area contributed by atoms with Crippen molar-refractivity contribution in [1.29, 1.82) is 0 Å². The summed E-state index contributed by atoms with van der Waals surface area (Å²) in [6, 6.07) is 5.28. The van der Waals surface area contributed by atoms with Crippen molar-refractivity contribution < 1.29 is 40.6 Å². The third-order valence-corrected chi connectivity index (χ3v) is 7.21. The van der Waals surface area contributed by atoms with Crippen LogP contribution in [-0.4, -0.2) is 45.6 Å². The lowest BCUT2D eigenvalue weighted by Crippen LogP contribution is -2.45. The van der Waals surface area contributed by atoms with Crippen LogP contribution >= 0.6 is 0 Å². The van der Waals surface area contributed by atoms with Crippen LogP contribution in [0.3, 0.4) is 0 Å². The number of hydrogen-bond donors (Lipinski definition) is 2. The molecule has 0 bridgehead atoms. The first kappa shape index (κ1) is 27.4. The van der Waals surface area contributed by atoms with E-state index >= 15 is 0 Å². The number of nitrogens with one attached hydrogen (secondary N) is 1. The number of imidazole rings is 1. The molecule has 12 heteroatoms. The highest BCUT2D eigenvalue weighted by Gasteiger charge is 2.42. The Morgan fingerprint density at radius 1 is 1.08 bits per heavy atom. The van der Waals surface area contributed by atoms with E-state index in [9.17, 15) is 35.8 Å². The Morgan fingerprint density at radius 2 is 1.77 bits per heavy atom. The second kappa shape index (κ2) is 9.81. The van der Waals surface area contributed by atoms with Crippen LogP contribution in [0.4, 0.5) is 30.7 Å². The largest absolute Gasteiger partial charge is 0.492 e. The van der Waals surface area contributed by atoms with E-state index in [-0.39, 0.29) is 35.9 Å². The highest BCUT2D eigenvalue weighted by Crippen LogP contribution is 2.45. The maximum atomic E-state index is 14.0. The van der Waals surface area contributed by atoms with Gasteiger partial charge in [-0.3, -0.25) is 0 Å². The van der Waals surface area contributed by atoms with Gasteiger partial charge in [0, 0.05) is 18.2 Å². The van der Waals surface area contributed by atoms with Crippen molar-refractivity contribution in [3.63, 3.8) is 0 Å². The van der Waals surface area contributed by atoms with E-state index in [0.29, 0.717) is 24.0 Å². The maximum absolute atomic E-state index is 14.0. The minimum Gasteiger partial charge on any atom is -0.492 e. The third kappa shape index (κ3) is 5.76. The van der Waals surface area contributed by atoms with Crippen LogP contribution < -0.4 is 10.1 Å². The number of rotatable bonds is 6. The van der Waals surface area contributed by atoms with E-state index in [1.807, 2.05) is 0 Å². The van der Waals surface area contributed by atoms with Crippen LogP contribution in [0.25, 0.3) is 16.6 Å². The van der Waals surface area contributed by atoms with Crippen LogP contribution in [0.2, 0.25) is 0 Å². The molecule has 2 aromatic carbocycles. The van der Waals surface area contributed by atoms with Gasteiger partial charge in [0.1, 0.15) is 19.0 Å². The van der Waals surface area contributed by atoms with E-state index in [4.69, 9.17) is 4.74 Å². The molecule has 0 amide bonds. The van der Waals surface area contributed by atoms with Gasteiger partial charge in [0.25, 0.3) is 0 Å². The Kier molecular flexibility index (Phi) is 6.91. The van der Waals surface area contributed by atoms with Gasteiger partial charge in [-0.25, -0.2) is 9.37 Å². The van der Waals surface area contributed by atoms with Crippen molar-refractivity contribution in [2.45, 2.75) is 62.3 Å². The standard InChI is InChI=1S/C27H26F7N3O2/c1-25(38)10-20(11-25)37-14-35-23-9-21(8-22(24(23)37)27(32,33)34)39-13-19-7-16(6-18(12-28)36-19)15-2-4-17(5-3-15)26(29,30)31/h2-5,7-9,14,18-20,36,38H,6,10-13H2,1H3/t18-,19+,20?,25?/m1/s1. The second-order valence-corrected chi connectivity index (χ2v) is 10.5. The molecule has 0 saturated heterocycles. The Hall–Kier alpha value is -3.12. The quantitative estimate of drug-likeness (QED) is 0.348. The molecular formula is C27H26F7N3O2. The van der Waals surface area contributed by atoms with Gasteiger partial charge in [-0.05, 0) is 55.5 Å². The predicted octanol–water partition coefficient (Wildman–Crippen LogP) is 6.32. The van der Waals surface area contributed by atoms with E-state index in [0.717, 1.165) is 18.2 Å². The number of aliphatic hydroxyl groups is 1. The van der Waals surface area contributed by atoms with Crippen LogP contribution in [0, 0.1) is 0 Å². The first-order valence-electron chi connectivity index (χ1n) is 12.4. The molecule has 2 atom stereocenters. The summed E-state index contributed by atoms with van der Waals surface area (Å²) in [5.41, 5.74) is -1.55. The van der Waals surface area contributed by atoms with Crippen molar-refractivity contribution in [2.24, 2.45) is 0 Å². The maximum Gasteiger partial charge on any atom is 0.418 e.